The largest absolute Gasteiger partial charge is 0.403 e. The van der Waals surface area contributed by atoms with Gasteiger partial charge < -0.3 is 5.73 Å². The summed E-state index contributed by atoms with van der Waals surface area (Å²) in [6.07, 6.45) is -3.00. The van der Waals surface area contributed by atoms with E-state index in [1.54, 1.807) is 13.2 Å². The summed E-state index contributed by atoms with van der Waals surface area (Å²) in [5.74, 6) is 0. The average Bonchev–Trinajstić information content (AvgIpc) is 2.44. The molecule has 0 aliphatic rings. The highest BCUT2D eigenvalue weighted by atomic mass is 19.4. The summed E-state index contributed by atoms with van der Waals surface area (Å²) in [4.78, 5) is 0. The predicted octanol–water partition coefficient (Wildman–Crippen LogP) is 2.15. The van der Waals surface area contributed by atoms with Crippen LogP contribution in [0.1, 0.15) is 32.0 Å². The van der Waals surface area contributed by atoms with Gasteiger partial charge in [-0.2, -0.15) is 18.3 Å². The molecule has 0 aromatic carbocycles. The molecule has 0 saturated heterocycles. The minimum atomic E-state index is -4.37. The number of hydrogen-bond donors (Lipinski definition) is 1. The summed E-state index contributed by atoms with van der Waals surface area (Å²) in [5.41, 5.74) is 6.08. The second-order valence-corrected chi connectivity index (χ2v) is 5.28. The molecule has 1 unspecified atom stereocenters. The van der Waals surface area contributed by atoms with Crippen LogP contribution >= 0.6 is 0 Å². The quantitative estimate of drug-likeness (QED) is 0.872. The molecule has 1 aromatic heterocycles. The van der Waals surface area contributed by atoms with Gasteiger partial charge in [-0.1, -0.05) is 20.8 Å². The second kappa shape index (κ2) is 4.33. The van der Waals surface area contributed by atoms with Crippen LogP contribution in [-0.4, -0.2) is 22.0 Å². The molecule has 6 heteroatoms. The highest BCUT2D eigenvalue weighted by molar-refractivity contribution is 5.25. The zero-order valence-corrected chi connectivity index (χ0v) is 10.5. The molecule has 0 spiro atoms. The third-order valence-corrected chi connectivity index (χ3v) is 2.48. The van der Waals surface area contributed by atoms with Gasteiger partial charge in [0.1, 0.15) is 6.04 Å². The predicted molar refractivity (Wildman–Crippen MR) is 59.6 cm³/mol. The molecule has 98 valence electrons. The highest BCUT2D eigenvalue weighted by Crippen LogP contribution is 2.27. The first kappa shape index (κ1) is 14.0. The fourth-order valence-corrected chi connectivity index (χ4v) is 1.67. The van der Waals surface area contributed by atoms with E-state index in [-0.39, 0.29) is 11.8 Å². The number of alkyl halides is 3. The van der Waals surface area contributed by atoms with Gasteiger partial charge >= 0.3 is 6.18 Å². The number of aromatic nitrogens is 2. The van der Waals surface area contributed by atoms with Crippen LogP contribution in [0.25, 0.3) is 0 Å². The molecule has 1 heterocycles. The fourth-order valence-electron chi connectivity index (χ4n) is 1.67. The summed E-state index contributed by atoms with van der Waals surface area (Å²) in [5, 5.41) is 4.21. The van der Waals surface area contributed by atoms with E-state index in [0.717, 1.165) is 0 Å². The summed E-state index contributed by atoms with van der Waals surface area (Å²) in [6.45, 7) is 5.74. The molecular formula is C11H18F3N3. The third-order valence-electron chi connectivity index (χ3n) is 2.48. The molecule has 0 saturated carbocycles. The van der Waals surface area contributed by atoms with E-state index in [9.17, 15) is 13.2 Å². The summed E-state index contributed by atoms with van der Waals surface area (Å²) in [6, 6.07) is -1.84. The first-order chi connectivity index (χ1) is 7.51. The van der Waals surface area contributed by atoms with E-state index < -0.39 is 12.2 Å². The molecule has 0 aliphatic heterocycles. The van der Waals surface area contributed by atoms with Crippen LogP contribution in [0.5, 0.6) is 0 Å². The molecule has 0 amide bonds. The molecule has 1 aromatic rings. The van der Waals surface area contributed by atoms with Crippen molar-refractivity contribution in [2.45, 2.75) is 44.8 Å². The number of hydrogen-bond acceptors (Lipinski definition) is 2. The molecule has 0 radical (unpaired) electrons. The van der Waals surface area contributed by atoms with Gasteiger partial charge in [0.15, 0.2) is 0 Å². The Bertz CT molecular complexity index is 388. The molecule has 0 aliphatic carbocycles. The smallest absolute Gasteiger partial charge is 0.320 e. The Labute approximate surface area is 98.8 Å². The van der Waals surface area contributed by atoms with Gasteiger partial charge in [0.2, 0.25) is 0 Å². The van der Waals surface area contributed by atoms with Gasteiger partial charge in [0.25, 0.3) is 0 Å². The van der Waals surface area contributed by atoms with E-state index in [4.69, 9.17) is 5.73 Å². The molecule has 0 fully saturated rings. The van der Waals surface area contributed by atoms with Crippen LogP contribution in [0.4, 0.5) is 13.2 Å². The Morgan fingerprint density at radius 2 is 1.88 bits per heavy atom. The average molecular weight is 249 g/mol. The zero-order chi connectivity index (χ0) is 13.4. The van der Waals surface area contributed by atoms with Crippen molar-refractivity contribution >= 4 is 0 Å². The van der Waals surface area contributed by atoms with Crippen LogP contribution in [0.3, 0.4) is 0 Å². The molecule has 0 bridgehead atoms. The van der Waals surface area contributed by atoms with Gasteiger partial charge in [0, 0.05) is 18.7 Å². The third kappa shape index (κ3) is 3.46. The Kier molecular flexibility index (Phi) is 3.57. The van der Waals surface area contributed by atoms with Crippen LogP contribution in [0.15, 0.2) is 6.20 Å². The van der Waals surface area contributed by atoms with Gasteiger partial charge in [-0.05, 0) is 12.0 Å². The molecule has 17 heavy (non-hydrogen) atoms. The minimum absolute atomic E-state index is 0.232. The first-order valence-electron chi connectivity index (χ1n) is 5.37. The SMILES string of the molecule is Cn1cc(CC(N)C(F)(F)F)c(C(C)(C)C)n1. The van der Waals surface area contributed by atoms with Crippen molar-refractivity contribution in [2.75, 3.05) is 0 Å². The lowest BCUT2D eigenvalue weighted by atomic mass is 9.88. The maximum absolute atomic E-state index is 12.4. The Morgan fingerprint density at radius 1 is 1.35 bits per heavy atom. The number of rotatable bonds is 2. The van der Waals surface area contributed by atoms with E-state index in [2.05, 4.69) is 5.10 Å². The lowest BCUT2D eigenvalue weighted by Gasteiger charge is -2.20. The van der Waals surface area contributed by atoms with Crippen molar-refractivity contribution in [1.82, 2.24) is 9.78 Å². The monoisotopic (exact) mass is 249 g/mol. The standard InChI is InChI=1S/C11H18F3N3/c1-10(2,3)9-7(6-17(4)16-9)5-8(15)11(12,13)14/h6,8H,5,15H2,1-4H3. The summed E-state index contributed by atoms with van der Waals surface area (Å²) < 4.78 is 38.8. The maximum atomic E-state index is 12.4. The number of aryl methyl sites for hydroxylation is 1. The molecule has 3 nitrogen and oxygen atoms in total. The van der Waals surface area contributed by atoms with Crippen LogP contribution < -0.4 is 5.73 Å². The Morgan fingerprint density at radius 3 is 2.29 bits per heavy atom. The topological polar surface area (TPSA) is 43.8 Å². The van der Waals surface area contributed by atoms with E-state index in [0.29, 0.717) is 11.3 Å². The lowest BCUT2D eigenvalue weighted by molar-refractivity contribution is -0.147. The Hall–Kier alpha value is -1.04. The highest BCUT2D eigenvalue weighted by Gasteiger charge is 2.38. The van der Waals surface area contributed by atoms with Crippen LogP contribution in [0.2, 0.25) is 0 Å². The zero-order valence-electron chi connectivity index (χ0n) is 10.5. The minimum Gasteiger partial charge on any atom is -0.320 e. The summed E-state index contributed by atoms with van der Waals surface area (Å²) in [7, 11) is 1.69. The van der Waals surface area contributed by atoms with Gasteiger partial charge in [-0.25, -0.2) is 0 Å². The number of halogens is 3. The van der Waals surface area contributed by atoms with Gasteiger partial charge in [0.05, 0.1) is 5.69 Å². The molecule has 2 N–H and O–H groups in total. The fraction of sp³-hybridized carbons (Fsp3) is 0.727. The van der Waals surface area contributed by atoms with Crippen molar-refractivity contribution in [3.63, 3.8) is 0 Å². The van der Waals surface area contributed by atoms with E-state index in [1.807, 2.05) is 20.8 Å². The van der Waals surface area contributed by atoms with Gasteiger partial charge in [-0.15, -0.1) is 0 Å². The molecular weight excluding hydrogens is 231 g/mol. The van der Waals surface area contributed by atoms with Crippen LogP contribution in [0, 0.1) is 0 Å². The van der Waals surface area contributed by atoms with E-state index >= 15 is 0 Å². The normalized spacial score (nSPS) is 15.1. The Balaban J connectivity index is 3.00. The summed E-state index contributed by atoms with van der Waals surface area (Å²) >= 11 is 0. The van der Waals surface area contributed by atoms with E-state index in [1.165, 1.54) is 4.68 Å². The first-order valence-corrected chi connectivity index (χ1v) is 5.37. The number of nitrogens with zero attached hydrogens (tertiary/aromatic N) is 2. The van der Waals surface area contributed by atoms with Crippen molar-refractivity contribution in [3.05, 3.63) is 17.5 Å². The maximum Gasteiger partial charge on any atom is 0.403 e. The molecule has 1 rings (SSSR count). The van der Waals surface area contributed by atoms with Gasteiger partial charge in [-0.3, -0.25) is 4.68 Å². The lowest BCUT2D eigenvalue weighted by Crippen LogP contribution is -2.39. The molecule has 1 atom stereocenters. The van der Waals surface area contributed by atoms with Crippen molar-refractivity contribution < 1.29 is 13.2 Å². The second-order valence-electron chi connectivity index (χ2n) is 5.28. The van der Waals surface area contributed by atoms with Crippen LogP contribution in [-0.2, 0) is 18.9 Å². The number of nitrogens with two attached hydrogens (primary N) is 1. The van der Waals surface area contributed by atoms with Crippen molar-refractivity contribution in [1.29, 1.82) is 0 Å². The van der Waals surface area contributed by atoms with Crippen molar-refractivity contribution in [3.8, 4) is 0 Å². The van der Waals surface area contributed by atoms with Crippen molar-refractivity contribution in [2.24, 2.45) is 12.8 Å².